The summed E-state index contributed by atoms with van der Waals surface area (Å²) in [4.78, 5) is 11.9. The number of hydrogen-bond acceptors (Lipinski definition) is 1. The third-order valence-corrected chi connectivity index (χ3v) is 1.04. The number of hydrogen-bond donors (Lipinski definition) is 1. The van der Waals surface area contributed by atoms with E-state index in [-0.39, 0.29) is 0 Å². The van der Waals surface area contributed by atoms with Gasteiger partial charge in [0.1, 0.15) is 0 Å². The Morgan fingerprint density at radius 3 is 2.56 bits per heavy atom. The third kappa shape index (κ3) is 2.74. The first-order valence-corrected chi connectivity index (χ1v) is 2.87. The lowest BCUT2D eigenvalue weighted by atomic mass is 10.5. The van der Waals surface area contributed by atoms with Crippen LogP contribution in [-0.2, 0) is 0 Å². The Balaban J connectivity index is 3.67. The van der Waals surface area contributed by atoms with Crippen molar-refractivity contribution >= 4 is 6.03 Å². The summed E-state index contributed by atoms with van der Waals surface area (Å²) in [6.07, 6.45) is 1.65. The molecule has 0 atom stereocenters. The number of amides is 2. The van der Waals surface area contributed by atoms with Gasteiger partial charge in [-0.05, 0) is 6.92 Å². The average Bonchev–Trinajstić information content (AvgIpc) is 1.82. The van der Waals surface area contributed by atoms with Gasteiger partial charge in [-0.2, -0.15) is 0 Å². The van der Waals surface area contributed by atoms with E-state index >= 15 is 0 Å². The Kier molecular flexibility index (Phi) is 3.51. The van der Waals surface area contributed by atoms with Gasteiger partial charge < -0.3 is 10.6 Å². The van der Waals surface area contributed by atoms with Gasteiger partial charge in [-0.3, -0.25) is 0 Å². The maximum Gasteiger partial charge on any atom is 0.315 e. The van der Waals surface area contributed by atoms with E-state index in [9.17, 15) is 4.79 Å². The van der Waals surface area contributed by atoms with Crippen molar-refractivity contribution in [2.75, 3.05) is 13.1 Å². The molecule has 0 saturated carbocycles. The van der Waals surface area contributed by atoms with Crippen LogP contribution in [0.1, 0.15) is 6.92 Å². The topological polar surface area (TPSA) is 46.3 Å². The molecule has 0 rings (SSSR count). The Bertz CT molecular complexity index is 112. The van der Waals surface area contributed by atoms with Crippen LogP contribution in [0.5, 0.6) is 0 Å². The van der Waals surface area contributed by atoms with Crippen molar-refractivity contribution in [2.45, 2.75) is 6.92 Å². The number of nitrogens with two attached hydrogens (primary N) is 1. The van der Waals surface area contributed by atoms with Gasteiger partial charge in [-0.1, -0.05) is 6.08 Å². The number of likely N-dealkylation sites (N-methyl/N-ethyl adjacent to an activating group) is 1. The van der Waals surface area contributed by atoms with Crippen molar-refractivity contribution in [3.05, 3.63) is 12.7 Å². The molecule has 0 spiro atoms. The first-order valence-electron chi connectivity index (χ1n) is 2.87. The summed E-state index contributed by atoms with van der Waals surface area (Å²) < 4.78 is 0. The molecule has 0 aromatic rings. The van der Waals surface area contributed by atoms with Crippen LogP contribution < -0.4 is 5.73 Å². The second kappa shape index (κ2) is 3.95. The van der Waals surface area contributed by atoms with Crippen molar-refractivity contribution < 1.29 is 4.79 Å². The largest absolute Gasteiger partial charge is 0.351 e. The van der Waals surface area contributed by atoms with Gasteiger partial charge in [0.05, 0.1) is 0 Å². The predicted molar refractivity (Wildman–Crippen MR) is 37.0 cm³/mol. The van der Waals surface area contributed by atoms with Crippen molar-refractivity contribution in [3.8, 4) is 0 Å². The van der Waals surface area contributed by atoms with Gasteiger partial charge in [0.25, 0.3) is 0 Å². The molecule has 0 heterocycles. The molecular weight excluding hydrogens is 116 g/mol. The zero-order valence-electron chi connectivity index (χ0n) is 5.63. The lowest BCUT2D eigenvalue weighted by Gasteiger charge is -2.14. The minimum atomic E-state index is -0.391. The number of carbonyl (C=O) groups excluding carboxylic acids is 1. The number of primary amides is 1. The quantitative estimate of drug-likeness (QED) is 0.555. The van der Waals surface area contributed by atoms with Crippen molar-refractivity contribution in [2.24, 2.45) is 5.73 Å². The first-order chi connectivity index (χ1) is 4.22. The maximum atomic E-state index is 10.4. The molecule has 3 nitrogen and oxygen atoms in total. The van der Waals surface area contributed by atoms with E-state index in [2.05, 4.69) is 6.58 Å². The van der Waals surface area contributed by atoms with E-state index in [0.29, 0.717) is 13.1 Å². The SMILES string of the molecule is C=CCN(CC)C(N)=O. The summed E-state index contributed by atoms with van der Waals surface area (Å²) in [6, 6.07) is -0.391. The molecular formula is C6H12N2O. The lowest BCUT2D eigenvalue weighted by molar-refractivity contribution is 0.215. The highest BCUT2D eigenvalue weighted by Crippen LogP contribution is 1.84. The van der Waals surface area contributed by atoms with E-state index in [1.54, 1.807) is 6.08 Å². The fraction of sp³-hybridized carbons (Fsp3) is 0.500. The molecule has 0 aromatic carbocycles. The van der Waals surface area contributed by atoms with Crippen LogP contribution in [0.25, 0.3) is 0 Å². The molecule has 3 heteroatoms. The molecule has 2 N–H and O–H groups in total. The lowest BCUT2D eigenvalue weighted by Crippen LogP contribution is -2.35. The highest BCUT2D eigenvalue weighted by Gasteiger charge is 2.01. The highest BCUT2D eigenvalue weighted by atomic mass is 16.2. The van der Waals surface area contributed by atoms with Crippen LogP contribution in [0.3, 0.4) is 0 Å². The molecule has 0 aliphatic heterocycles. The fourth-order valence-electron chi connectivity index (χ4n) is 0.531. The molecule has 0 aromatic heterocycles. The average molecular weight is 128 g/mol. The Labute approximate surface area is 55.1 Å². The second-order valence-electron chi connectivity index (χ2n) is 1.67. The summed E-state index contributed by atoms with van der Waals surface area (Å²) in [7, 11) is 0. The van der Waals surface area contributed by atoms with Crippen molar-refractivity contribution in [1.82, 2.24) is 4.90 Å². The molecule has 0 bridgehead atoms. The summed E-state index contributed by atoms with van der Waals surface area (Å²) in [6.45, 7) is 6.52. The van der Waals surface area contributed by atoms with Gasteiger partial charge in [0, 0.05) is 13.1 Å². The Morgan fingerprint density at radius 2 is 2.44 bits per heavy atom. The second-order valence-corrected chi connectivity index (χ2v) is 1.67. The monoisotopic (exact) mass is 128 g/mol. The standard InChI is InChI=1S/C6H12N2O/c1-3-5-8(4-2)6(7)9/h3H,1,4-5H2,2H3,(H2,7,9). The van der Waals surface area contributed by atoms with Crippen LogP contribution in [0.4, 0.5) is 4.79 Å². The molecule has 0 aliphatic rings. The zero-order valence-corrected chi connectivity index (χ0v) is 5.63. The maximum absolute atomic E-state index is 10.4. The smallest absolute Gasteiger partial charge is 0.315 e. The summed E-state index contributed by atoms with van der Waals surface area (Å²) in [5.41, 5.74) is 4.97. The number of carbonyl (C=O) groups is 1. The fourth-order valence-corrected chi connectivity index (χ4v) is 0.531. The van der Waals surface area contributed by atoms with E-state index < -0.39 is 6.03 Å². The summed E-state index contributed by atoms with van der Waals surface area (Å²) in [5, 5.41) is 0. The number of rotatable bonds is 3. The third-order valence-electron chi connectivity index (χ3n) is 1.04. The van der Waals surface area contributed by atoms with Gasteiger partial charge in [0.2, 0.25) is 0 Å². The zero-order chi connectivity index (χ0) is 7.28. The molecule has 2 amide bonds. The number of nitrogens with zero attached hydrogens (tertiary/aromatic N) is 1. The molecule has 9 heavy (non-hydrogen) atoms. The minimum absolute atomic E-state index is 0.391. The van der Waals surface area contributed by atoms with Crippen LogP contribution >= 0.6 is 0 Å². The van der Waals surface area contributed by atoms with Crippen LogP contribution in [0, 0.1) is 0 Å². The van der Waals surface area contributed by atoms with E-state index in [1.165, 1.54) is 4.90 Å². The first kappa shape index (κ1) is 8.01. The van der Waals surface area contributed by atoms with E-state index in [1.807, 2.05) is 6.92 Å². The molecule has 0 unspecified atom stereocenters. The van der Waals surface area contributed by atoms with Gasteiger partial charge in [-0.15, -0.1) is 6.58 Å². The van der Waals surface area contributed by atoms with E-state index in [0.717, 1.165) is 0 Å². The van der Waals surface area contributed by atoms with Crippen molar-refractivity contribution in [1.29, 1.82) is 0 Å². The molecule has 0 radical (unpaired) electrons. The van der Waals surface area contributed by atoms with Crippen molar-refractivity contribution in [3.63, 3.8) is 0 Å². The summed E-state index contributed by atoms with van der Waals surface area (Å²) in [5.74, 6) is 0. The van der Waals surface area contributed by atoms with E-state index in [4.69, 9.17) is 5.73 Å². The van der Waals surface area contributed by atoms with Crippen LogP contribution in [0.2, 0.25) is 0 Å². The summed E-state index contributed by atoms with van der Waals surface area (Å²) >= 11 is 0. The van der Waals surface area contributed by atoms with Gasteiger partial charge >= 0.3 is 6.03 Å². The highest BCUT2D eigenvalue weighted by molar-refractivity contribution is 5.72. The van der Waals surface area contributed by atoms with Gasteiger partial charge in [0.15, 0.2) is 0 Å². The number of urea groups is 1. The molecule has 52 valence electrons. The Morgan fingerprint density at radius 1 is 1.89 bits per heavy atom. The normalized spacial score (nSPS) is 8.56. The Hall–Kier alpha value is -0.990. The predicted octanol–water partition coefficient (Wildman–Crippen LogP) is 0.573. The van der Waals surface area contributed by atoms with Crippen LogP contribution in [0.15, 0.2) is 12.7 Å². The van der Waals surface area contributed by atoms with Crippen LogP contribution in [-0.4, -0.2) is 24.0 Å². The molecule has 0 fully saturated rings. The molecule has 0 aliphatic carbocycles. The van der Waals surface area contributed by atoms with Gasteiger partial charge in [-0.25, -0.2) is 4.79 Å². The molecule has 0 saturated heterocycles. The minimum Gasteiger partial charge on any atom is -0.351 e.